The quantitative estimate of drug-likeness (QED) is 0.856. The largest absolute Gasteiger partial charge is 0.481 e. The molecule has 0 aliphatic heterocycles. The van der Waals surface area contributed by atoms with Crippen molar-refractivity contribution in [2.45, 2.75) is 13.3 Å². The van der Waals surface area contributed by atoms with E-state index in [2.05, 4.69) is 5.32 Å². The number of benzene rings is 1. The molecule has 110 valence electrons. The number of aromatic nitrogens is 1. The van der Waals surface area contributed by atoms with E-state index in [-0.39, 0.29) is 5.91 Å². The number of hydrogen-bond donors (Lipinski definition) is 2. The van der Waals surface area contributed by atoms with E-state index < -0.39 is 11.9 Å². The van der Waals surface area contributed by atoms with Crippen LogP contribution in [0.4, 0.5) is 0 Å². The summed E-state index contributed by atoms with van der Waals surface area (Å²) in [5.41, 5.74) is 1.47. The average molecular weight is 286 g/mol. The van der Waals surface area contributed by atoms with E-state index in [0.717, 1.165) is 5.69 Å². The maximum Gasteiger partial charge on any atom is 0.306 e. The van der Waals surface area contributed by atoms with E-state index in [1.54, 1.807) is 19.1 Å². The summed E-state index contributed by atoms with van der Waals surface area (Å²) < 4.78 is 1.92. The Morgan fingerprint density at radius 3 is 2.62 bits per heavy atom. The Bertz CT molecular complexity index is 620. The highest BCUT2D eigenvalue weighted by Crippen LogP contribution is 2.11. The van der Waals surface area contributed by atoms with Crippen LogP contribution in [-0.2, 0) is 4.79 Å². The van der Waals surface area contributed by atoms with Crippen molar-refractivity contribution >= 4 is 11.9 Å². The van der Waals surface area contributed by atoms with E-state index in [0.29, 0.717) is 18.5 Å². The molecule has 5 nitrogen and oxygen atoms in total. The summed E-state index contributed by atoms with van der Waals surface area (Å²) in [6, 6.07) is 11.1. The van der Waals surface area contributed by atoms with Gasteiger partial charge in [-0.2, -0.15) is 0 Å². The van der Waals surface area contributed by atoms with Crippen LogP contribution in [0.1, 0.15) is 23.7 Å². The van der Waals surface area contributed by atoms with Crippen LogP contribution < -0.4 is 5.32 Å². The minimum absolute atomic E-state index is 0.193. The summed E-state index contributed by atoms with van der Waals surface area (Å²) in [6.45, 7) is 1.97. The third kappa shape index (κ3) is 3.95. The second kappa shape index (κ2) is 6.74. The highest BCUT2D eigenvalue weighted by molar-refractivity contribution is 5.94. The summed E-state index contributed by atoms with van der Waals surface area (Å²) in [7, 11) is 0. The number of hydrogen-bond acceptors (Lipinski definition) is 2. The highest BCUT2D eigenvalue weighted by atomic mass is 16.4. The average Bonchev–Trinajstić information content (AvgIpc) is 3.01. The molecule has 0 radical (unpaired) electrons. The highest BCUT2D eigenvalue weighted by Gasteiger charge is 2.12. The van der Waals surface area contributed by atoms with Crippen molar-refractivity contribution in [1.82, 2.24) is 9.88 Å². The van der Waals surface area contributed by atoms with Crippen LogP contribution in [0.15, 0.2) is 48.8 Å². The van der Waals surface area contributed by atoms with Crippen LogP contribution in [-0.4, -0.2) is 28.1 Å². The number of carbonyl (C=O) groups excluding carboxylic acids is 1. The molecule has 1 atom stereocenters. The molecule has 2 aromatic rings. The molecule has 1 unspecified atom stereocenters. The molecule has 0 saturated heterocycles. The van der Waals surface area contributed by atoms with Crippen molar-refractivity contribution in [2.75, 3.05) is 6.54 Å². The molecule has 1 aromatic heterocycles. The second-order valence-corrected chi connectivity index (χ2v) is 4.92. The molecule has 5 heteroatoms. The predicted octanol–water partition coefficient (Wildman–Crippen LogP) is 2.32. The molecule has 21 heavy (non-hydrogen) atoms. The molecule has 1 heterocycles. The minimum Gasteiger partial charge on any atom is -0.481 e. The van der Waals surface area contributed by atoms with Gasteiger partial charge in [-0.05, 0) is 36.8 Å². The molecule has 0 fully saturated rings. The standard InChI is InChI=1S/C16H18N2O3/c1-12(16(20)21)7-8-17-15(19)13-5-4-6-14(11-13)18-9-2-3-10-18/h2-6,9-12H,7-8H2,1H3,(H,17,19)(H,20,21). The Morgan fingerprint density at radius 1 is 1.24 bits per heavy atom. The minimum atomic E-state index is -0.848. The van der Waals surface area contributed by atoms with E-state index in [1.165, 1.54) is 0 Å². The van der Waals surface area contributed by atoms with Crippen molar-refractivity contribution in [2.24, 2.45) is 5.92 Å². The Balaban J connectivity index is 1.97. The van der Waals surface area contributed by atoms with Gasteiger partial charge in [0.1, 0.15) is 0 Å². The smallest absolute Gasteiger partial charge is 0.306 e. The van der Waals surface area contributed by atoms with Gasteiger partial charge in [0, 0.05) is 30.2 Å². The van der Waals surface area contributed by atoms with Gasteiger partial charge in [-0.15, -0.1) is 0 Å². The summed E-state index contributed by atoms with van der Waals surface area (Å²) in [5, 5.41) is 11.5. The molecule has 2 rings (SSSR count). The monoisotopic (exact) mass is 286 g/mol. The van der Waals surface area contributed by atoms with Gasteiger partial charge in [0.15, 0.2) is 0 Å². The lowest BCUT2D eigenvalue weighted by Gasteiger charge is -2.09. The lowest BCUT2D eigenvalue weighted by molar-refractivity contribution is -0.141. The van der Waals surface area contributed by atoms with Gasteiger partial charge in [-0.3, -0.25) is 9.59 Å². The van der Waals surface area contributed by atoms with E-state index in [1.807, 2.05) is 41.2 Å². The Morgan fingerprint density at radius 2 is 1.95 bits per heavy atom. The molecule has 0 bridgehead atoms. The van der Waals surface area contributed by atoms with Gasteiger partial charge < -0.3 is 15.0 Å². The first-order valence-corrected chi connectivity index (χ1v) is 6.82. The van der Waals surface area contributed by atoms with Gasteiger partial charge in [-0.1, -0.05) is 13.0 Å². The number of nitrogens with one attached hydrogen (secondary N) is 1. The van der Waals surface area contributed by atoms with Gasteiger partial charge in [-0.25, -0.2) is 0 Å². The topological polar surface area (TPSA) is 71.3 Å². The van der Waals surface area contributed by atoms with Crippen molar-refractivity contribution in [1.29, 1.82) is 0 Å². The lowest BCUT2D eigenvalue weighted by Crippen LogP contribution is -2.27. The van der Waals surface area contributed by atoms with Crippen LogP contribution in [0.3, 0.4) is 0 Å². The first-order valence-electron chi connectivity index (χ1n) is 6.82. The molecule has 0 spiro atoms. The molecule has 0 aliphatic carbocycles. The molecule has 0 aliphatic rings. The maximum absolute atomic E-state index is 12.1. The molecular weight excluding hydrogens is 268 g/mol. The number of aliphatic carboxylic acids is 1. The van der Waals surface area contributed by atoms with Crippen LogP contribution in [0, 0.1) is 5.92 Å². The zero-order chi connectivity index (χ0) is 15.2. The van der Waals surface area contributed by atoms with Gasteiger partial charge in [0.25, 0.3) is 5.91 Å². The third-order valence-corrected chi connectivity index (χ3v) is 3.30. The fourth-order valence-electron chi connectivity index (χ4n) is 1.94. The first-order chi connectivity index (χ1) is 10.1. The van der Waals surface area contributed by atoms with Crippen molar-refractivity contribution in [3.63, 3.8) is 0 Å². The predicted molar refractivity (Wildman–Crippen MR) is 79.5 cm³/mol. The maximum atomic E-state index is 12.1. The number of carboxylic acids is 1. The second-order valence-electron chi connectivity index (χ2n) is 4.92. The fraction of sp³-hybridized carbons (Fsp3) is 0.250. The van der Waals surface area contributed by atoms with E-state index in [4.69, 9.17) is 5.11 Å². The molecule has 1 amide bonds. The molecule has 1 aromatic carbocycles. The molecule has 0 saturated carbocycles. The summed E-state index contributed by atoms with van der Waals surface area (Å²) >= 11 is 0. The van der Waals surface area contributed by atoms with Crippen molar-refractivity contribution in [3.8, 4) is 5.69 Å². The van der Waals surface area contributed by atoms with Crippen LogP contribution in [0.2, 0.25) is 0 Å². The summed E-state index contributed by atoms with van der Waals surface area (Å²) in [5.74, 6) is -1.50. The van der Waals surface area contributed by atoms with Gasteiger partial charge >= 0.3 is 5.97 Å². The zero-order valence-electron chi connectivity index (χ0n) is 11.8. The fourth-order valence-corrected chi connectivity index (χ4v) is 1.94. The van der Waals surface area contributed by atoms with Gasteiger partial charge in [0.2, 0.25) is 0 Å². The summed E-state index contributed by atoms with van der Waals surface area (Å²) in [4.78, 5) is 22.8. The van der Waals surface area contributed by atoms with Crippen molar-refractivity contribution < 1.29 is 14.7 Å². The Kier molecular flexibility index (Phi) is 4.77. The van der Waals surface area contributed by atoms with Crippen LogP contribution in [0.5, 0.6) is 0 Å². The SMILES string of the molecule is CC(CCNC(=O)c1cccc(-n2cccc2)c1)C(=O)O. The van der Waals surface area contributed by atoms with E-state index >= 15 is 0 Å². The normalized spacial score (nSPS) is 11.9. The van der Waals surface area contributed by atoms with E-state index in [9.17, 15) is 9.59 Å². The number of nitrogens with zero attached hydrogens (tertiary/aromatic N) is 1. The Hall–Kier alpha value is -2.56. The van der Waals surface area contributed by atoms with Gasteiger partial charge in [0.05, 0.1) is 5.92 Å². The first kappa shape index (κ1) is 14.8. The summed E-state index contributed by atoms with van der Waals surface area (Å²) in [6.07, 6.45) is 4.23. The number of amides is 1. The number of carboxylic acid groups (broad SMARTS) is 1. The Labute approximate surface area is 123 Å². The van der Waals surface area contributed by atoms with Crippen molar-refractivity contribution in [3.05, 3.63) is 54.4 Å². The number of rotatable bonds is 6. The third-order valence-electron chi connectivity index (χ3n) is 3.30. The zero-order valence-corrected chi connectivity index (χ0v) is 11.8. The lowest BCUT2D eigenvalue weighted by atomic mass is 10.1. The molecule has 2 N–H and O–H groups in total. The van der Waals surface area contributed by atoms with Crippen LogP contribution in [0.25, 0.3) is 5.69 Å². The number of carbonyl (C=O) groups is 2. The van der Waals surface area contributed by atoms with Crippen LogP contribution >= 0.6 is 0 Å². The molecular formula is C16H18N2O3.